The van der Waals surface area contributed by atoms with E-state index in [1.54, 1.807) is 18.5 Å². The van der Waals surface area contributed by atoms with Crippen molar-refractivity contribution in [1.82, 2.24) is 9.78 Å². The summed E-state index contributed by atoms with van der Waals surface area (Å²) in [4.78, 5) is 0. The van der Waals surface area contributed by atoms with Crippen molar-refractivity contribution in [1.29, 1.82) is 0 Å². The van der Waals surface area contributed by atoms with Crippen LogP contribution in [0.5, 0.6) is 5.75 Å². The van der Waals surface area contributed by atoms with Crippen molar-refractivity contribution in [3.05, 3.63) is 11.4 Å². The highest BCUT2D eigenvalue weighted by Gasteiger charge is 2.08. The van der Waals surface area contributed by atoms with Crippen molar-refractivity contribution in [2.24, 2.45) is 0 Å². The summed E-state index contributed by atoms with van der Waals surface area (Å²) >= 11 is 0. The van der Waals surface area contributed by atoms with Gasteiger partial charge in [-0.3, -0.25) is 4.68 Å². The first kappa shape index (κ1) is 8.07. The summed E-state index contributed by atoms with van der Waals surface area (Å²) < 4.78 is 1.59. The largest absolute Gasteiger partial charge is 0.504 e. The quantitative estimate of drug-likeness (QED) is 0.643. The third-order valence-corrected chi connectivity index (χ3v) is 1.66. The zero-order valence-electron chi connectivity index (χ0n) is 6.70. The van der Waals surface area contributed by atoms with Gasteiger partial charge in [-0.2, -0.15) is 5.10 Å². The van der Waals surface area contributed by atoms with E-state index in [2.05, 4.69) is 5.10 Å². The molecule has 1 heterocycles. The van der Waals surface area contributed by atoms with Crippen LogP contribution in [-0.4, -0.2) is 26.6 Å². The summed E-state index contributed by atoms with van der Waals surface area (Å²) in [5.41, 5.74) is 1.31. The summed E-state index contributed by atoms with van der Waals surface area (Å²) in [7, 11) is 0. The molecule has 0 aromatic carbocycles. The summed E-state index contributed by atoms with van der Waals surface area (Å²) in [5, 5.41) is 21.9. The van der Waals surface area contributed by atoms with E-state index in [0.717, 1.165) is 0 Å². The number of hydrogen-bond acceptors (Lipinski definition) is 3. The lowest BCUT2D eigenvalue weighted by Crippen LogP contribution is -2.05. The molecule has 0 atom stereocenters. The van der Waals surface area contributed by atoms with Crippen LogP contribution in [-0.2, 0) is 6.54 Å². The number of aromatic hydroxyl groups is 1. The first-order valence-corrected chi connectivity index (χ1v) is 3.50. The summed E-state index contributed by atoms with van der Waals surface area (Å²) in [5.74, 6) is 0.221. The number of aromatic nitrogens is 2. The molecular formula is C7H12N2O2. The van der Waals surface area contributed by atoms with Gasteiger partial charge in [0.15, 0.2) is 5.75 Å². The molecule has 2 N–H and O–H groups in total. The maximum absolute atomic E-state index is 9.29. The minimum Gasteiger partial charge on any atom is -0.504 e. The lowest BCUT2D eigenvalue weighted by Gasteiger charge is -1.98. The molecule has 0 bridgehead atoms. The van der Waals surface area contributed by atoms with E-state index < -0.39 is 0 Å². The highest BCUT2D eigenvalue weighted by molar-refractivity contribution is 5.29. The predicted octanol–water partition coefficient (Wildman–Crippen LogP) is 0.198. The van der Waals surface area contributed by atoms with Gasteiger partial charge in [0.05, 0.1) is 18.8 Å². The monoisotopic (exact) mass is 156 g/mol. The van der Waals surface area contributed by atoms with Crippen LogP contribution in [0.3, 0.4) is 0 Å². The van der Waals surface area contributed by atoms with Gasteiger partial charge in [-0.15, -0.1) is 0 Å². The number of aliphatic hydroxyl groups is 1. The molecule has 0 unspecified atom stereocenters. The van der Waals surface area contributed by atoms with Crippen molar-refractivity contribution in [3.8, 4) is 5.75 Å². The Morgan fingerprint density at radius 1 is 1.45 bits per heavy atom. The van der Waals surface area contributed by atoms with Gasteiger partial charge in [-0.05, 0) is 13.8 Å². The van der Waals surface area contributed by atoms with Crippen molar-refractivity contribution in [3.63, 3.8) is 0 Å². The Hall–Kier alpha value is -1.03. The van der Waals surface area contributed by atoms with Crippen LogP contribution >= 0.6 is 0 Å². The molecule has 0 aliphatic carbocycles. The highest BCUT2D eigenvalue weighted by Crippen LogP contribution is 2.19. The minimum absolute atomic E-state index is 0.0431. The Morgan fingerprint density at radius 2 is 2.09 bits per heavy atom. The smallest absolute Gasteiger partial charge is 0.159 e. The van der Waals surface area contributed by atoms with Gasteiger partial charge in [0.25, 0.3) is 0 Å². The van der Waals surface area contributed by atoms with E-state index in [-0.39, 0.29) is 12.4 Å². The molecule has 0 amide bonds. The SMILES string of the molecule is Cc1nn(CCO)c(C)c1O. The molecule has 4 heteroatoms. The second-order valence-electron chi connectivity index (χ2n) is 2.47. The normalized spacial score (nSPS) is 10.5. The molecule has 0 aliphatic heterocycles. The molecule has 0 aliphatic rings. The molecule has 1 aromatic heterocycles. The van der Waals surface area contributed by atoms with E-state index >= 15 is 0 Å². The van der Waals surface area contributed by atoms with Gasteiger partial charge in [0, 0.05) is 0 Å². The van der Waals surface area contributed by atoms with Crippen LogP contribution in [0.1, 0.15) is 11.4 Å². The molecule has 0 fully saturated rings. The topological polar surface area (TPSA) is 58.3 Å². The fourth-order valence-electron chi connectivity index (χ4n) is 1.000. The average molecular weight is 156 g/mol. The Bertz CT molecular complexity index is 255. The Labute approximate surface area is 65.1 Å². The molecule has 0 saturated heterocycles. The maximum Gasteiger partial charge on any atom is 0.159 e. The standard InChI is InChI=1S/C7H12N2O2/c1-5-7(11)6(2)9(8-5)3-4-10/h10-11H,3-4H2,1-2H3. The van der Waals surface area contributed by atoms with Crippen LogP contribution in [0.4, 0.5) is 0 Å². The second-order valence-corrected chi connectivity index (χ2v) is 2.47. The number of aliphatic hydroxyl groups excluding tert-OH is 1. The summed E-state index contributed by atoms with van der Waals surface area (Å²) in [6.45, 7) is 3.98. The second kappa shape index (κ2) is 2.92. The molecule has 0 saturated carbocycles. The van der Waals surface area contributed by atoms with Crippen LogP contribution in [0.2, 0.25) is 0 Å². The molecule has 62 valence electrons. The fraction of sp³-hybridized carbons (Fsp3) is 0.571. The van der Waals surface area contributed by atoms with Gasteiger partial charge in [0.1, 0.15) is 5.69 Å². The Kier molecular flexibility index (Phi) is 2.14. The summed E-state index contributed by atoms with van der Waals surface area (Å²) in [6, 6.07) is 0. The lowest BCUT2D eigenvalue weighted by atomic mass is 10.3. The Morgan fingerprint density at radius 3 is 2.45 bits per heavy atom. The van der Waals surface area contributed by atoms with Gasteiger partial charge in [0.2, 0.25) is 0 Å². The molecule has 0 spiro atoms. The van der Waals surface area contributed by atoms with E-state index in [0.29, 0.717) is 17.9 Å². The maximum atomic E-state index is 9.29. The van der Waals surface area contributed by atoms with E-state index in [9.17, 15) is 5.11 Å². The van der Waals surface area contributed by atoms with Gasteiger partial charge < -0.3 is 10.2 Å². The van der Waals surface area contributed by atoms with Crippen LogP contribution < -0.4 is 0 Å². The van der Waals surface area contributed by atoms with Crippen LogP contribution in [0.15, 0.2) is 0 Å². The van der Waals surface area contributed by atoms with Crippen molar-refractivity contribution >= 4 is 0 Å². The average Bonchev–Trinajstić information content (AvgIpc) is 2.19. The van der Waals surface area contributed by atoms with Gasteiger partial charge in [-0.25, -0.2) is 0 Å². The van der Waals surface area contributed by atoms with Gasteiger partial charge >= 0.3 is 0 Å². The number of nitrogens with zero attached hydrogens (tertiary/aromatic N) is 2. The third kappa shape index (κ3) is 1.35. The third-order valence-electron chi connectivity index (χ3n) is 1.66. The summed E-state index contributed by atoms with van der Waals surface area (Å²) in [6.07, 6.45) is 0. The zero-order chi connectivity index (χ0) is 8.43. The first-order valence-electron chi connectivity index (χ1n) is 3.50. The number of aryl methyl sites for hydroxylation is 1. The zero-order valence-corrected chi connectivity index (χ0v) is 6.70. The molecule has 1 aromatic rings. The van der Waals surface area contributed by atoms with E-state index in [1.165, 1.54) is 0 Å². The fourth-order valence-corrected chi connectivity index (χ4v) is 1.000. The van der Waals surface area contributed by atoms with Crippen molar-refractivity contribution in [2.45, 2.75) is 20.4 Å². The minimum atomic E-state index is 0.0431. The van der Waals surface area contributed by atoms with Crippen LogP contribution in [0, 0.1) is 13.8 Å². The van der Waals surface area contributed by atoms with E-state index in [4.69, 9.17) is 5.11 Å². The van der Waals surface area contributed by atoms with Crippen molar-refractivity contribution < 1.29 is 10.2 Å². The molecular weight excluding hydrogens is 144 g/mol. The molecule has 11 heavy (non-hydrogen) atoms. The molecule has 4 nitrogen and oxygen atoms in total. The van der Waals surface area contributed by atoms with Gasteiger partial charge in [-0.1, -0.05) is 0 Å². The molecule has 1 rings (SSSR count). The highest BCUT2D eigenvalue weighted by atomic mass is 16.3. The van der Waals surface area contributed by atoms with Crippen LogP contribution in [0.25, 0.3) is 0 Å². The number of hydrogen-bond donors (Lipinski definition) is 2. The first-order chi connectivity index (χ1) is 5.16. The predicted molar refractivity (Wildman–Crippen MR) is 40.5 cm³/mol. The van der Waals surface area contributed by atoms with E-state index in [1.807, 2.05) is 0 Å². The lowest BCUT2D eigenvalue weighted by molar-refractivity contribution is 0.267. The Balaban J connectivity index is 2.98. The molecule has 0 radical (unpaired) electrons. The van der Waals surface area contributed by atoms with Crippen molar-refractivity contribution in [2.75, 3.05) is 6.61 Å². The number of rotatable bonds is 2.